The van der Waals surface area contributed by atoms with Crippen LogP contribution in [0.25, 0.3) is 21.8 Å². The second kappa shape index (κ2) is 14.0. The number of anilines is 4. The van der Waals surface area contributed by atoms with E-state index in [0.29, 0.717) is 36.3 Å². The van der Waals surface area contributed by atoms with Gasteiger partial charge < -0.3 is 24.6 Å². The van der Waals surface area contributed by atoms with Crippen LogP contribution in [-0.2, 0) is 9.59 Å². The highest BCUT2D eigenvalue weighted by molar-refractivity contribution is 6.04. The summed E-state index contributed by atoms with van der Waals surface area (Å²) in [6, 6.07) is 13.0. The highest BCUT2D eigenvalue weighted by Crippen LogP contribution is 2.37. The van der Waals surface area contributed by atoms with E-state index < -0.39 is 0 Å². The van der Waals surface area contributed by atoms with E-state index in [9.17, 15) is 14.4 Å². The summed E-state index contributed by atoms with van der Waals surface area (Å²) in [5.41, 5.74) is 4.56. The molecule has 7 heterocycles. The van der Waals surface area contributed by atoms with Crippen LogP contribution in [0.1, 0.15) is 66.5 Å². The average Bonchev–Trinajstić information content (AvgIpc) is 3.83. The van der Waals surface area contributed by atoms with E-state index in [0.717, 1.165) is 104 Å². The van der Waals surface area contributed by atoms with Gasteiger partial charge in [-0.2, -0.15) is 4.98 Å². The minimum Gasteiger partial charge on any atom is -0.368 e. The van der Waals surface area contributed by atoms with Crippen molar-refractivity contribution in [2.24, 2.45) is 0 Å². The van der Waals surface area contributed by atoms with Crippen molar-refractivity contribution < 1.29 is 14.4 Å². The molecule has 1 atom stereocenters. The maximum atomic E-state index is 13.1. The molecule has 3 saturated heterocycles. The molecule has 9 rings (SSSR count). The Hall–Kier alpha value is -5.63. The Balaban J connectivity index is 0.817. The number of amides is 3. The van der Waals surface area contributed by atoms with E-state index in [1.54, 1.807) is 31.4 Å². The van der Waals surface area contributed by atoms with Crippen molar-refractivity contribution in [1.29, 1.82) is 0 Å². The van der Waals surface area contributed by atoms with Crippen molar-refractivity contribution in [2.45, 2.75) is 56.5 Å². The summed E-state index contributed by atoms with van der Waals surface area (Å²) in [6.07, 6.45) is 12.6. The Bertz CT molecular complexity index is 2230. The van der Waals surface area contributed by atoms with Crippen molar-refractivity contribution in [1.82, 2.24) is 39.6 Å². The summed E-state index contributed by atoms with van der Waals surface area (Å²) in [6.45, 7) is 5.66. The Morgan fingerprint density at radius 3 is 2.43 bits per heavy atom. The molecule has 0 spiro atoms. The fraction of sp³-hybridized carbons (Fsp3) is 0.425. The average molecular weight is 728 g/mol. The number of fused-ring (bicyclic) bond motifs is 2. The number of piperazine rings is 1. The molecule has 14 heteroatoms. The molecule has 1 unspecified atom stereocenters. The number of pyridine rings is 2. The molecule has 1 aliphatic carbocycles. The molecule has 3 amide bonds. The third-order valence-corrected chi connectivity index (χ3v) is 11.7. The van der Waals surface area contributed by atoms with Gasteiger partial charge in [0, 0.05) is 107 Å². The van der Waals surface area contributed by atoms with E-state index in [1.165, 1.54) is 0 Å². The molecule has 54 heavy (non-hydrogen) atoms. The Labute approximate surface area is 313 Å². The first kappa shape index (κ1) is 34.2. The van der Waals surface area contributed by atoms with E-state index in [2.05, 4.69) is 64.1 Å². The fourth-order valence-electron chi connectivity index (χ4n) is 8.73. The number of imide groups is 1. The topological polar surface area (TPSA) is 145 Å². The molecule has 1 aromatic carbocycles. The lowest BCUT2D eigenvalue weighted by Crippen LogP contribution is -2.63. The normalized spacial score (nSPS) is 20.1. The summed E-state index contributed by atoms with van der Waals surface area (Å²) in [4.78, 5) is 65.1. The molecule has 0 bridgehead atoms. The zero-order chi connectivity index (χ0) is 36.9. The summed E-state index contributed by atoms with van der Waals surface area (Å²) in [5, 5.41) is 8.71. The fourth-order valence-corrected chi connectivity index (χ4v) is 8.73. The first-order valence-corrected chi connectivity index (χ1v) is 19.1. The number of hydrogen-bond acceptors (Lipinski definition) is 11. The van der Waals surface area contributed by atoms with Gasteiger partial charge in [-0.25, -0.2) is 9.97 Å². The molecule has 278 valence electrons. The Kier molecular flexibility index (Phi) is 8.84. The van der Waals surface area contributed by atoms with Crippen LogP contribution in [0.5, 0.6) is 0 Å². The SMILES string of the molecule is CN(C)C(=O)c1cc2cnc(Nc3ccc(N4CC(N5CCN(c6cccc7c(C8CCC(=O)NC8=O)cncc67)CC5)C4)cn3)nc2n1C1CCCC1. The molecule has 4 aromatic heterocycles. The van der Waals surface area contributed by atoms with E-state index in [4.69, 9.17) is 9.97 Å². The van der Waals surface area contributed by atoms with Crippen molar-refractivity contribution in [3.8, 4) is 0 Å². The zero-order valence-corrected chi connectivity index (χ0v) is 30.7. The van der Waals surface area contributed by atoms with E-state index >= 15 is 0 Å². The molecule has 4 fully saturated rings. The molecule has 4 aliphatic rings. The predicted molar refractivity (Wildman–Crippen MR) is 207 cm³/mol. The number of benzene rings is 1. The second-order valence-electron chi connectivity index (χ2n) is 15.2. The van der Waals surface area contributed by atoms with Gasteiger partial charge in [0.2, 0.25) is 17.8 Å². The van der Waals surface area contributed by atoms with Gasteiger partial charge in [0.15, 0.2) is 0 Å². The van der Waals surface area contributed by atoms with Gasteiger partial charge in [0.1, 0.15) is 17.2 Å². The Morgan fingerprint density at radius 1 is 0.870 bits per heavy atom. The highest BCUT2D eigenvalue weighted by atomic mass is 16.2. The number of nitrogens with zero attached hydrogens (tertiary/aromatic N) is 9. The number of hydrogen-bond donors (Lipinski definition) is 2. The Morgan fingerprint density at radius 2 is 1.69 bits per heavy atom. The third kappa shape index (κ3) is 6.27. The molecule has 14 nitrogen and oxygen atoms in total. The molecule has 5 aromatic rings. The summed E-state index contributed by atoms with van der Waals surface area (Å²) >= 11 is 0. The van der Waals surface area contributed by atoms with E-state index in [1.807, 2.05) is 24.5 Å². The lowest BCUT2D eigenvalue weighted by molar-refractivity contribution is -0.134. The van der Waals surface area contributed by atoms with Gasteiger partial charge in [-0.05, 0) is 54.5 Å². The predicted octanol–water partition coefficient (Wildman–Crippen LogP) is 4.47. The number of aromatic nitrogens is 5. The minimum absolute atomic E-state index is 0.0238. The van der Waals surface area contributed by atoms with Crippen LogP contribution in [0.3, 0.4) is 0 Å². The van der Waals surface area contributed by atoms with Gasteiger partial charge in [-0.1, -0.05) is 25.0 Å². The van der Waals surface area contributed by atoms with E-state index in [-0.39, 0.29) is 29.7 Å². The second-order valence-corrected chi connectivity index (χ2v) is 15.2. The minimum atomic E-state index is -0.366. The first-order valence-electron chi connectivity index (χ1n) is 19.1. The molecule has 2 N–H and O–H groups in total. The summed E-state index contributed by atoms with van der Waals surface area (Å²) in [5.74, 6) is 0.296. The number of carbonyl (C=O) groups is 3. The number of piperidine rings is 1. The molecular formula is C40H45N11O3. The van der Waals surface area contributed by atoms with Crippen LogP contribution in [0.15, 0.2) is 61.2 Å². The summed E-state index contributed by atoms with van der Waals surface area (Å²) < 4.78 is 2.12. The van der Waals surface area contributed by atoms with Gasteiger partial charge in [0.25, 0.3) is 5.91 Å². The van der Waals surface area contributed by atoms with Crippen LogP contribution in [0.4, 0.5) is 23.1 Å². The lowest BCUT2D eigenvalue weighted by Gasteiger charge is -2.49. The van der Waals surface area contributed by atoms with Crippen LogP contribution >= 0.6 is 0 Å². The van der Waals surface area contributed by atoms with Crippen molar-refractivity contribution >= 4 is 62.7 Å². The van der Waals surface area contributed by atoms with Gasteiger partial charge >= 0.3 is 0 Å². The molecule has 0 radical (unpaired) electrons. The molecular weight excluding hydrogens is 683 g/mol. The number of carbonyl (C=O) groups excluding carboxylic acids is 3. The van der Waals surface area contributed by atoms with Crippen LogP contribution in [0, 0.1) is 0 Å². The molecule has 1 saturated carbocycles. The molecule has 3 aliphatic heterocycles. The quantitative estimate of drug-likeness (QED) is 0.219. The maximum absolute atomic E-state index is 13.1. The van der Waals surface area contributed by atoms with Crippen molar-refractivity contribution in [2.75, 3.05) is 68.5 Å². The van der Waals surface area contributed by atoms with Crippen LogP contribution < -0.4 is 20.4 Å². The third-order valence-electron chi connectivity index (χ3n) is 11.7. The lowest BCUT2D eigenvalue weighted by atomic mass is 9.88. The monoisotopic (exact) mass is 727 g/mol. The number of nitrogens with one attached hydrogen (secondary N) is 2. The van der Waals surface area contributed by atoms with Crippen molar-refractivity contribution in [3.05, 3.63) is 72.4 Å². The standard InChI is InChI=1S/C40H45N11O3/c1-47(2)39(54)34-18-25-19-43-40(46-37(25)51(34)26-6-3-4-7-26)44-35-12-10-27(20-42-35)50-23-28(24-50)48-14-16-49(17-15-48)33-9-5-8-29-31(21-41-22-32(29)33)30-11-13-36(52)45-38(30)53/h5,8-10,12,18-22,26,28,30H,3-4,6-7,11,13-17,23-24H2,1-2H3,(H,45,52,53)(H,42,43,44,46). The smallest absolute Gasteiger partial charge is 0.270 e. The largest absolute Gasteiger partial charge is 0.368 e. The van der Waals surface area contributed by atoms with Gasteiger partial charge in [-0.3, -0.25) is 29.6 Å². The first-order chi connectivity index (χ1) is 26.3. The van der Waals surface area contributed by atoms with Gasteiger partial charge in [-0.15, -0.1) is 0 Å². The summed E-state index contributed by atoms with van der Waals surface area (Å²) in [7, 11) is 3.56. The maximum Gasteiger partial charge on any atom is 0.270 e. The highest BCUT2D eigenvalue weighted by Gasteiger charge is 2.35. The van der Waals surface area contributed by atoms with Crippen LogP contribution in [0.2, 0.25) is 0 Å². The zero-order valence-electron chi connectivity index (χ0n) is 30.7. The van der Waals surface area contributed by atoms with Crippen LogP contribution in [-0.4, -0.2) is 111 Å². The number of rotatable bonds is 8. The van der Waals surface area contributed by atoms with Gasteiger partial charge in [0.05, 0.1) is 17.8 Å². The van der Waals surface area contributed by atoms with Crippen molar-refractivity contribution in [3.63, 3.8) is 0 Å².